The van der Waals surface area contributed by atoms with E-state index in [1.54, 1.807) is 12.1 Å². The zero-order valence-corrected chi connectivity index (χ0v) is 12.8. The molecule has 0 radical (unpaired) electrons. The average Bonchev–Trinajstić information content (AvgIpc) is 2.36. The van der Waals surface area contributed by atoms with Gasteiger partial charge in [-0.05, 0) is 16.5 Å². The van der Waals surface area contributed by atoms with E-state index >= 15 is 0 Å². The molecule has 112 valence electrons. The van der Waals surface area contributed by atoms with Gasteiger partial charge < -0.3 is 0 Å². The second-order valence-corrected chi connectivity index (χ2v) is 6.42. The van der Waals surface area contributed by atoms with Crippen LogP contribution in [0.3, 0.4) is 0 Å². The van der Waals surface area contributed by atoms with Gasteiger partial charge in [-0.25, -0.2) is 13.2 Å². The topological polar surface area (TPSA) is 0 Å². The summed E-state index contributed by atoms with van der Waals surface area (Å²) in [4.78, 5) is 0. The third-order valence-electron chi connectivity index (χ3n) is 3.34. The van der Waals surface area contributed by atoms with Crippen molar-refractivity contribution < 1.29 is 13.2 Å². The lowest BCUT2D eigenvalue weighted by Gasteiger charge is -2.25. The summed E-state index contributed by atoms with van der Waals surface area (Å²) in [5.41, 5.74) is 0.968. The normalized spacial score (nSPS) is 13.3. The van der Waals surface area contributed by atoms with Gasteiger partial charge in [-0.1, -0.05) is 45.0 Å². The Kier molecular flexibility index (Phi) is 4.33. The van der Waals surface area contributed by atoms with Crippen LogP contribution in [-0.2, 0) is 5.41 Å². The minimum absolute atomic E-state index is 0.225. The van der Waals surface area contributed by atoms with E-state index in [9.17, 15) is 13.2 Å². The second kappa shape index (κ2) is 5.72. The maximum absolute atomic E-state index is 13.9. The Balaban J connectivity index is 2.59. The third-order valence-corrected chi connectivity index (χ3v) is 3.79. The number of halogens is 4. The Bertz CT molecular complexity index is 636. The lowest BCUT2D eigenvalue weighted by atomic mass is 9.82. The molecule has 0 nitrogen and oxygen atoms in total. The second-order valence-electron chi connectivity index (χ2n) is 5.98. The molecule has 0 saturated heterocycles. The maximum atomic E-state index is 13.9. The van der Waals surface area contributed by atoms with Crippen molar-refractivity contribution >= 4 is 11.6 Å². The van der Waals surface area contributed by atoms with Crippen molar-refractivity contribution in [1.29, 1.82) is 0 Å². The fourth-order valence-electron chi connectivity index (χ4n) is 2.35. The molecule has 0 aromatic heterocycles. The molecule has 0 aliphatic carbocycles. The van der Waals surface area contributed by atoms with Gasteiger partial charge in [0.05, 0.1) is 5.38 Å². The van der Waals surface area contributed by atoms with Crippen LogP contribution in [0.2, 0.25) is 0 Å². The molecule has 1 atom stereocenters. The predicted molar refractivity (Wildman–Crippen MR) is 79.2 cm³/mol. The molecule has 2 aromatic carbocycles. The standard InChI is InChI=1S/C17H16ClF3/c1-17(2,3)12-7-5-4-6-11(12)16(18)15-13(20)8-10(19)9-14(15)21/h4-9,16H,1-3H3. The minimum atomic E-state index is -1.01. The molecular formula is C17H16ClF3. The summed E-state index contributed by atoms with van der Waals surface area (Å²) >= 11 is 6.30. The Hall–Kier alpha value is -1.48. The Morgan fingerprint density at radius 3 is 2.00 bits per heavy atom. The van der Waals surface area contributed by atoms with Crippen molar-refractivity contribution in [1.82, 2.24) is 0 Å². The van der Waals surface area contributed by atoms with Crippen LogP contribution in [0.4, 0.5) is 13.2 Å². The first kappa shape index (κ1) is 15.9. The van der Waals surface area contributed by atoms with Crippen molar-refractivity contribution in [2.45, 2.75) is 31.6 Å². The summed E-state index contributed by atoms with van der Waals surface area (Å²) in [7, 11) is 0. The van der Waals surface area contributed by atoms with Gasteiger partial charge in [-0.3, -0.25) is 0 Å². The molecule has 1 unspecified atom stereocenters. The van der Waals surface area contributed by atoms with Crippen molar-refractivity contribution in [2.75, 3.05) is 0 Å². The maximum Gasteiger partial charge on any atom is 0.134 e. The number of alkyl halides is 1. The SMILES string of the molecule is CC(C)(C)c1ccccc1C(Cl)c1c(F)cc(F)cc1F. The van der Waals surface area contributed by atoms with Crippen LogP contribution < -0.4 is 0 Å². The Morgan fingerprint density at radius 2 is 1.48 bits per heavy atom. The molecule has 4 heteroatoms. The summed E-state index contributed by atoms with van der Waals surface area (Å²) < 4.78 is 40.8. The summed E-state index contributed by atoms with van der Waals surface area (Å²) in [6.45, 7) is 5.98. The van der Waals surface area contributed by atoms with Crippen molar-refractivity contribution in [2.24, 2.45) is 0 Å². The van der Waals surface area contributed by atoms with Gasteiger partial charge in [0, 0.05) is 17.7 Å². The average molecular weight is 313 g/mol. The minimum Gasteiger partial charge on any atom is -0.207 e. The molecule has 0 saturated carbocycles. The zero-order chi connectivity index (χ0) is 15.8. The third kappa shape index (κ3) is 3.24. The lowest BCUT2D eigenvalue weighted by Crippen LogP contribution is -2.16. The van der Waals surface area contributed by atoms with Gasteiger partial charge in [0.25, 0.3) is 0 Å². The van der Waals surface area contributed by atoms with E-state index in [1.165, 1.54) is 0 Å². The van der Waals surface area contributed by atoms with E-state index in [1.807, 2.05) is 32.9 Å². The zero-order valence-electron chi connectivity index (χ0n) is 12.1. The first-order valence-corrected chi connectivity index (χ1v) is 7.03. The molecule has 0 fully saturated rings. The van der Waals surface area contributed by atoms with Crippen LogP contribution in [0.5, 0.6) is 0 Å². The number of hydrogen-bond acceptors (Lipinski definition) is 0. The van der Waals surface area contributed by atoms with Crippen molar-refractivity contribution in [3.63, 3.8) is 0 Å². The summed E-state index contributed by atoms with van der Waals surface area (Å²) in [5.74, 6) is -2.91. The van der Waals surface area contributed by atoms with Crippen LogP contribution in [0.15, 0.2) is 36.4 Å². The molecular weight excluding hydrogens is 297 g/mol. The number of benzene rings is 2. The van der Waals surface area contributed by atoms with Gasteiger partial charge in [0.2, 0.25) is 0 Å². The largest absolute Gasteiger partial charge is 0.207 e. The van der Waals surface area contributed by atoms with Gasteiger partial charge in [-0.2, -0.15) is 0 Å². The number of hydrogen-bond donors (Lipinski definition) is 0. The fourth-order valence-corrected chi connectivity index (χ4v) is 2.75. The predicted octanol–water partition coefficient (Wildman–Crippen LogP) is 5.73. The Labute approximate surface area is 127 Å². The van der Waals surface area contributed by atoms with Crippen molar-refractivity contribution in [3.8, 4) is 0 Å². The van der Waals surface area contributed by atoms with Gasteiger partial charge in [0.15, 0.2) is 0 Å². The highest BCUT2D eigenvalue weighted by Gasteiger charge is 2.26. The van der Waals surface area contributed by atoms with E-state index in [2.05, 4.69) is 0 Å². The molecule has 2 rings (SSSR count). The molecule has 0 aliphatic rings. The summed E-state index contributed by atoms with van der Waals surface area (Å²) in [5, 5.41) is -1.01. The van der Waals surface area contributed by atoms with Gasteiger partial charge in [0.1, 0.15) is 17.5 Å². The highest BCUT2D eigenvalue weighted by Crippen LogP contribution is 2.38. The first-order valence-electron chi connectivity index (χ1n) is 6.59. The highest BCUT2D eigenvalue weighted by atomic mass is 35.5. The smallest absolute Gasteiger partial charge is 0.134 e. The van der Waals surface area contributed by atoms with Crippen LogP contribution >= 0.6 is 11.6 Å². The van der Waals surface area contributed by atoms with Crippen LogP contribution in [0.25, 0.3) is 0 Å². The summed E-state index contributed by atoms with van der Waals surface area (Å²) in [6.07, 6.45) is 0. The Morgan fingerprint density at radius 1 is 0.952 bits per heavy atom. The number of rotatable bonds is 2. The molecule has 0 N–H and O–H groups in total. The monoisotopic (exact) mass is 312 g/mol. The van der Waals surface area contributed by atoms with Crippen LogP contribution in [0, 0.1) is 17.5 Å². The van der Waals surface area contributed by atoms with E-state index in [0.29, 0.717) is 17.7 Å². The van der Waals surface area contributed by atoms with E-state index in [4.69, 9.17) is 11.6 Å². The highest BCUT2D eigenvalue weighted by molar-refractivity contribution is 6.22. The van der Waals surface area contributed by atoms with E-state index < -0.39 is 22.8 Å². The fraction of sp³-hybridized carbons (Fsp3) is 0.294. The molecule has 21 heavy (non-hydrogen) atoms. The molecule has 0 bridgehead atoms. The quantitative estimate of drug-likeness (QED) is 0.621. The van der Waals surface area contributed by atoms with E-state index in [-0.39, 0.29) is 11.0 Å². The molecule has 0 spiro atoms. The molecule has 0 aliphatic heterocycles. The summed E-state index contributed by atoms with van der Waals surface area (Å²) in [6, 6.07) is 8.52. The molecule has 0 amide bonds. The molecule has 0 heterocycles. The van der Waals surface area contributed by atoms with Gasteiger partial charge >= 0.3 is 0 Å². The first-order chi connectivity index (χ1) is 9.71. The molecule has 2 aromatic rings. The van der Waals surface area contributed by atoms with Crippen molar-refractivity contribution in [3.05, 3.63) is 70.5 Å². The van der Waals surface area contributed by atoms with Crippen LogP contribution in [0.1, 0.15) is 42.8 Å². The van der Waals surface area contributed by atoms with Gasteiger partial charge in [-0.15, -0.1) is 11.6 Å². The van der Waals surface area contributed by atoms with Crippen LogP contribution in [-0.4, -0.2) is 0 Å². The van der Waals surface area contributed by atoms with E-state index in [0.717, 1.165) is 5.56 Å². The lowest BCUT2D eigenvalue weighted by molar-refractivity contribution is 0.523.